The molecule has 6 nitrogen and oxygen atoms in total. The largest absolute Gasteiger partial charge is 0.508 e. The molecule has 0 aromatic heterocycles. The van der Waals surface area contributed by atoms with Gasteiger partial charge in [-0.1, -0.05) is 6.07 Å². The van der Waals surface area contributed by atoms with E-state index in [1.165, 1.54) is 0 Å². The van der Waals surface area contributed by atoms with Gasteiger partial charge in [0.25, 0.3) is 0 Å². The Morgan fingerprint density at radius 2 is 2.24 bits per heavy atom. The van der Waals surface area contributed by atoms with Crippen LogP contribution in [0.25, 0.3) is 0 Å². The van der Waals surface area contributed by atoms with Crippen LogP contribution >= 0.6 is 0 Å². The smallest absolute Gasteiger partial charge is 0.179 e. The molecule has 0 saturated carbocycles. The number of nitrogens with one attached hydrogen (secondary N) is 1. The van der Waals surface area contributed by atoms with Crippen molar-refractivity contribution in [2.75, 3.05) is 13.2 Å². The molecule has 3 rings (SSSR count). The Morgan fingerprint density at radius 1 is 1.43 bits per heavy atom. The molecule has 21 heavy (non-hydrogen) atoms. The van der Waals surface area contributed by atoms with E-state index in [-0.39, 0.29) is 18.3 Å². The van der Waals surface area contributed by atoms with Gasteiger partial charge in [-0.2, -0.15) is 0 Å². The molecule has 0 bridgehead atoms. The van der Waals surface area contributed by atoms with Crippen molar-refractivity contribution in [2.45, 2.75) is 13.8 Å². The van der Waals surface area contributed by atoms with Crippen molar-refractivity contribution < 1.29 is 10.2 Å². The lowest BCUT2D eigenvalue weighted by Crippen LogP contribution is -2.41. The second-order valence-corrected chi connectivity index (χ2v) is 5.32. The van der Waals surface area contributed by atoms with Crippen LogP contribution in [0.2, 0.25) is 0 Å². The summed E-state index contributed by atoms with van der Waals surface area (Å²) in [6, 6.07) is 5.29. The van der Waals surface area contributed by atoms with E-state index in [1.54, 1.807) is 12.4 Å². The van der Waals surface area contributed by atoms with Crippen molar-refractivity contribution in [3.8, 4) is 5.75 Å². The van der Waals surface area contributed by atoms with Crippen LogP contribution < -0.4 is 5.43 Å². The Labute approximate surface area is 123 Å². The van der Waals surface area contributed by atoms with Gasteiger partial charge in [0.1, 0.15) is 17.8 Å². The topological polar surface area (TPSA) is 80.5 Å². The third-order valence-electron chi connectivity index (χ3n) is 3.92. The Bertz CT molecular complexity index is 664. The van der Waals surface area contributed by atoms with Gasteiger partial charge in [-0.25, -0.2) is 9.98 Å². The van der Waals surface area contributed by atoms with Gasteiger partial charge < -0.3 is 10.2 Å². The van der Waals surface area contributed by atoms with Gasteiger partial charge in [0.15, 0.2) is 5.84 Å². The van der Waals surface area contributed by atoms with Gasteiger partial charge in [0.05, 0.1) is 12.3 Å². The van der Waals surface area contributed by atoms with Gasteiger partial charge in [-0.15, -0.1) is 0 Å². The minimum absolute atomic E-state index is 0.0887. The standard InChI is InChI=1S/C15H18N4O2/c1-9-3-4-12(5-13(9)21)18-15-14-10(2)11(7-20)6-19(14)17-8-16-15/h3-5,8,11,20-21H,6-7H2,1-2H3,(H,16,17,18). The minimum Gasteiger partial charge on any atom is -0.508 e. The highest BCUT2D eigenvalue weighted by Gasteiger charge is 2.32. The fourth-order valence-corrected chi connectivity index (χ4v) is 2.56. The molecule has 0 amide bonds. The summed E-state index contributed by atoms with van der Waals surface area (Å²) in [6.07, 6.45) is 1.59. The predicted octanol–water partition coefficient (Wildman–Crippen LogP) is 1.48. The van der Waals surface area contributed by atoms with E-state index >= 15 is 0 Å². The number of aromatic hydroxyl groups is 1. The predicted molar refractivity (Wildman–Crippen MR) is 81.5 cm³/mol. The Hall–Kier alpha value is -2.34. The number of aryl methyl sites for hydroxylation is 1. The summed E-state index contributed by atoms with van der Waals surface area (Å²) in [7, 11) is 0. The molecule has 1 aromatic carbocycles. The molecule has 2 heterocycles. The molecule has 0 saturated heterocycles. The average molecular weight is 286 g/mol. The summed E-state index contributed by atoms with van der Waals surface area (Å²) >= 11 is 0. The second-order valence-electron chi connectivity index (χ2n) is 5.32. The lowest BCUT2D eigenvalue weighted by molar-refractivity contribution is 0.218. The second kappa shape index (κ2) is 5.21. The van der Waals surface area contributed by atoms with Crippen LogP contribution in [0, 0.1) is 12.8 Å². The first-order valence-electron chi connectivity index (χ1n) is 6.86. The van der Waals surface area contributed by atoms with Crippen molar-refractivity contribution in [1.82, 2.24) is 10.4 Å². The lowest BCUT2D eigenvalue weighted by atomic mass is 10.0. The summed E-state index contributed by atoms with van der Waals surface area (Å²) in [5.74, 6) is 0.897. The van der Waals surface area contributed by atoms with E-state index in [9.17, 15) is 10.2 Å². The van der Waals surface area contributed by atoms with Gasteiger partial charge in [0, 0.05) is 18.5 Å². The van der Waals surface area contributed by atoms with E-state index in [0.717, 1.165) is 16.8 Å². The van der Waals surface area contributed by atoms with Crippen LogP contribution in [0.4, 0.5) is 5.69 Å². The molecular weight excluding hydrogens is 268 g/mol. The van der Waals surface area contributed by atoms with Crippen molar-refractivity contribution in [1.29, 1.82) is 0 Å². The fourth-order valence-electron chi connectivity index (χ4n) is 2.56. The quantitative estimate of drug-likeness (QED) is 0.769. The zero-order chi connectivity index (χ0) is 15.0. The van der Waals surface area contributed by atoms with E-state index < -0.39 is 0 Å². The molecule has 6 heteroatoms. The maximum absolute atomic E-state index is 9.77. The summed E-state index contributed by atoms with van der Waals surface area (Å²) in [6.45, 7) is 4.63. The van der Waals surface area contributed by atoms with E-state index in [0.29, 0.717) is 18.1 Å². The van der Waals surface area contributed by atoms with Crippen molar-refractivity contribution in [3.63, 3.8) is 0 Å². The highest BCUT2D eigenvalue weighted by molar-refractivity contribution is 6.05. The van der Waals surface area contributed by atoms with Crippen LogP contribution in [0.5, 0.6) is 5.75 Å². The molecule has 0 radical (unpaired) electrons. The van der Waals surface area contributed by atoms with Crippen molar-refractivity contribution >= 4 is 17.9 Å². The van der Waals surface area contributed by atoms with Gasteiger partial charge in [0.2, 0.25) is 0 Å². The van der Waals surface area contributed by atoms with Crippen LogP contribution in [0.1, 0.15) is 12.5 Å². The number of aliphatic imine (C=N–C) groups is 2. The van der Waals surface area contributed by atoms with Crippen molar-refractivity contribution in [3.05, 3.63) is 35.0 Å². The Balaban J connectivity index is 2.02. The van der Waals surface area contributed by atoms with E-state index in [4.69, 9.17) is 0 Å². The van der Waals surface area contributed by atoms with Gasteiger partial charge >= 0.3 is 0 Å². The third kappa shape index (κ3) is 2.38. The normalized spacial score (nSPS) is 22.7. The maximum Gasteiger partial charge on any atom is 0.179 e. The molecule has 1 atom stereocenters. The number of phenolic OH excluding ortho intramolecular Hbond substituents is 1. The molecule has 1 unspecified atom stereocenters. The fraction of sp³-hybridized carbons (Fsp3) is 0.333. The van der Waals surface area contributed by atoms with Crippen LogP contribution in [0.3, 0.4) is 0 Å². The molecule has 0 spiro atoms. The first-order chi connectivity index (χ1) is 10.1. The molecule has 2 aliphatic rings. The van der Waals surface area contributed by atoms with Gasteiger partial charge in [-0.05, 0) is 31.1 Å². The molecular formula is C15H18N4O2. The third-order valence-corrected chi connectivity index (χ3v) is 3.92. The lowest BCUT2D eigenvalue weighted by Gasteiger charge is -2.25. The molecule has 110 valence electrons. The highest BCUT2D eigenvalue weighted by atomic mass is 16.3. The number of rotatable bonds is 2. The summed E-state index contributed by atoms with van der Waals surface area (Å²) in [5, 5.41) is 21.1. The number of nitrogens with zero attached hydrogens (tertiary/aromatic N) is 3. The number of amidine groups is 1. The number of aliphatic hydroxyl groups is 1. The van der Waals surface area contributed by atoms with Crippen LogP contribution in [0.15, 0.2) is 39.5 Å². The Kier molecular flexibility index (Phi) is 3.39. The molecule has 1 aromatic rings. The SMILES string of the molecule is CC1=C2C(=Nc3ccc(C)c(O)c3)N=CNN2CC1CO. The highest BCUT2D eigenvalue weighted by Crippen LogP contribution is 2.31. The van der Waals surface area contributed by atoms with Crippen molar-refractivity contribution in [2.24, 2.45) is 15.9 Å². The number of hydrogen-bond acceptors (Lipinski definition) is 5. The summed E-state index contributed by atoms with van der Waals surface area (Å²) < 4.78 is 0. The monoisotopic (exact) mass is 286 g/mol. The Morgan fingerprint density at radius 3 is 2.95 bits per heavy atom. The molecule has 3 N–H and O–H groups in total. The maximum atomic E-state index is 9.77. The zero-order valence-corrected chi connectivity index (χ0v) is 12.0. The van der Waals surface area contributed by atoms with Crippen LogP contribution in [-0.2, 0) is 0 Å². The first-order valence-corrected chi connectivity index (χ1v) is 6.86. The molecule has 0 fully saturated rings. The number of hydrazine groups is 1. The summed E-state index contributed by atoms with van der Waals surface area (Å²) in [5.41, 5.74) is 6.48. The molecule has 2 aliphatic heterocycles. The number of benzene rings is 1. The summed E-state index contributed by atoms with van der Waals surface area (Å²) in [4.78, 5) is 8.81. The van der Waals surface area contributed by atoms with Crippen LogP contribution in [-0.4, -0.2) is 40.5 Å². The van der Waals surface area contributed by atoms with E-state index in [2.05, 4.69) is 15.4 Å². The van der Waals surface area contributed by atoms with Gasteiger partial charge in [-0.3, -0.25) is 10.4 Å². The number of aliphatic hydroxyl groups excluding tert-OH is 1. The number of hydrogen-bond donors (Lipinski definition) is 3. The first kappa shape index (κ1) is 13.6. The minimum atomic E-state index is 0.0887. The van der Waals surface area contributed by atoms with E-state index in [1.807, 2.05) is 31.0 Å². The number of phenols is 1. The average Bonchev–Trinajstić information content (AvgIpc) is 2.80. The number of fused-ring (bicyclic) bond motifs is 1. The molecule has 0 aliphatic carbocycles. The zero-order valence-electron chi connectivity index (χ0n) is 12.0.